The molecular weight excluding hydrogens is 725 g/mol. The van der Waals surface area contributed by atoms with E-state index in [1.165, 1.54) is 15.8 Å². The van der Waals surface area contributed by atoms with Crippen LogP contribution in [0.5, 0.6) is 0 Å². The summed E-state index contributed by atoms with van der Waals surface area (Å²) in [6.07, 6.45) is 10.6. The van der Waals surface area contributed by atoms with Crippen molar-refractivity contribution in [2.45, 2.75) is 125 Å². The number of likely N-dealkylation sites (tertiary alicyclic amines) is 1. The van der Waals surface area contributed by atoms with Crippen molar-refractivity contribution in [1.29, 1.82) is 0 Å². The fraction of sp³-hybridized carbons (Fsp3) is 0.564. The number of nitrogens with zero attached hydrogens (tertiary/aromatic N) is 4. The average molecular weight is 775 g/mol. The van der Waals surface area contributed by atoms with Crippen LogP contribution in [0.25, 0.3) is 10.8 Å². The van der Waals surface area contributed by atoms with Crippen LogP contribution in [0.4, 0.5) is 0 Å². The lowest BCUT2D eigenvalue weighted by Gasteiger charge is -2.38. The molecule has 3 aromatic rings. The molecule has 16 heteroatoms. The highest BCUT2D eigenvalue weighted by Crippen LogP contribution is 2.35. The summed E-state index contributed by atoms with van der Waals surface area (Å²) in [5.41, 5.74) is 4.85. The fourth-order valence-electron chi connectivity index (χ4n) is 8.72. The van der Waals surface area contributed by atoms with Crippen LogP contribution < -0.4 is 21.1 Å². The highest BCUT2D eigenvalue weighted by atomic mass is 32.2. The van der Waals surface area contributed by atoms with Crippen LogP contribution in [0.3, 0.4) is 0 Å². The molecule has 3 aliphatic carbocycles. The number of carbonyl (C=O) groups is 5. The molecule has 15 nitrogen and oxygen atoms in total. The number of carbonyl (C=O) groups excluding carboxylic acids is 5. The number of nitrogens with two attached hydrogens (primary N) is 1. The number of aromatic nitrogens is 3. The smallest absolute Gasteiger partial charge is 0.287 e. The van der Waals surface area contributed by atoms with Crippen LogP contribution in [-0.2, 0) is 35.7 Å². The van der Waals surface area contributed by atoms with Crippen molar-refractivity contribution >= 4 is 50.2 Å². The predicted molar refractivity (Wildman–Crippen MR) is 203 cm³/mol. The van der Waals surface area contributed by atoms with Gasteiger partial charge in [-0.2, -0.15) is 0 Å². The van der Waals surface area contributed by atoms with Gasteiger partial charge in [-0.05, 0) is 60.9 Å². The van der Waals surface area contributed by atoms with Crippen molar-refractivity contribution in [1.82, 2.24) is 35.2 Å². The monoisotopic (exact) mass is 774 g/mol. The van der Waals surface area contributed by atoms with Gasteiger partial charge in [0.25, 0.3) is 11.8 Å². The molecule has 1 saturated heterocycles. The Morgan fingerprint density at radius 2 is 1.62 bits per heavy atom. The van der Waals surface area contributed by atoms with Crippen molar-refractivity contribution < 1.29 is 32.4 Å². The maximum Gasteiger partial charge on any atom is 0.287 e. The minimum atomic E-state index is -3.52. The zero-order chi connectivity index (χ0) is 38.7. The van der Waals surface area contributed by atoms with Gasteiger partial charge >= 0.3 is 0 Å². The van der Waals surface area contributed by atoms with Crippen LogP contribution in [0.15, 0.2) is 48.7 Å². The highest BCUT2D eigenvalue weighted by Gasteiger charge is 2.49. The minimum Gasteiger partial charge on any atom is -0.363 e. The summed E-state index contributed by atoms with van der Waals surface area (Å²) in [6, 6.07) is 10.4. The summed E-state index contributed by atoms with van der Waals surface area (Å²) >= 11 is 0. The number of Topliss-reactive ketones (excluding diaryl/α,β-unsaturated/α-hetero) is 1. The lowest BCUT2D eigenvalue weighted by molar-refractivity contribution is -0.145. The SMILES string of the molecule is NC(=O)C(=O)C1(NC(=O)[C@@H]2C[C@H](n3nncc3CNS(=O)(=O)C3CC3)CN2C(=O)[C@@H](CC2CCCCC2)NC(=O)c2ccc3ccccc3c2)CCCCC1. The standard InChI is InChI=1S/C39H50N8O7S/c40-35(49)34(48)39(17-7-2-8-18-39)44-37(51)33-21-29(47-30(22-41-45-47)23-42-55(53,54)31-15-16-31)24-46(33)38(52)32(19-25-9-3-1-4-10-25)43-36(50)28-14-13-26-11-5-6-12-27(26)20-28/h5-6,11-14,20,22,25,29,31-33,42H,1-4,7-10,15-19,21,23-24H2,(H2,40,49)(H,43,50)(H,44,51)/t29-,32+,33-/m0/s1. The van der Waals surface area contributed by atoms with E-state index in [0.29, 0.717) is 43.4 Å². The van der Waals surface area contributed by atoms with Gasteiger partial charge in [0.2, 0.25) is 27.6 Å². The van der Waals surface area contributed by atoms with E-state index in [9.17, 15) is 32.4 Å². The third kappa shape index (κ3) is 8.59. The lowest BCUT2D eigenvalue weighted by atomic mass is 9.78. The average Bonchev–Trinajstić information content (AvgIpc) is 3.81. The van der Waals surface area contributed by atoms with Gasteiger partial charge in [0, 0.05) is 18.5 Å². The Bertz CT molecular complexity index is 2050. The first-order valence-electron chi connectivity index (χ1n) is 19.6. The zero-order valence-corrected chi connectivity index (χ0v) is 31.8. The Labute approximate surface area is 320 Å². The number of fused-ring (bicyclic) bond motifs is 1. The van der Waals surface area contributed by atoms with E-state index >= 15 is 0 Å². The van der Waals surface area contributed by atoms with Crippen LogP contribution in [0.1, 0.15) is 112 Å². The molecule has 4 aliphatic rings. The molecular formula is C39H50N8O7S. The number of rotatable bonds is 14. The maximum atomic E-state index is 14.9. The lowest BCUT2D eigenvalue weighted by Crippen LogP contribution is -2.62. The maximum absolute atomic E-state index is 14.9. The van der Waals surface area contributed by atoms with Crippen LogP contribution >= 0.6 is 0 Å². The van der Waals surface area contributed by atoms with Gasteiger partial charge in [-0.3, -0.25) is 24.0 Å². The Hall–Kier alpha value is -4.70. The van der Waals surface area contributed by atoms with Crippen molar-refractivity contribution in [3.63, 3.8) is 0 Å². The number of ketones is 1. The summed E-state index contributed by atoms with van der Waals surface area (Å²) < 4.78 is 29.5. The number of hydrogen-bond acceptors (Lipinski definition) is 9. The van der Waals surface area contributed by atoms with Crippen LogP contribution in [-0.4, -0.2) is 87.1 Å². The summed E-state index contributed by atoms with van der Waals surface area (Å²) in [6.45, 7) is -0.0675. The number of primary amides is 1. The van der Waals surface area contributed by atoms with E-state index in [0.717, 1.165) is 49.3 Å². The summed E-state index contributed by atoms with van der Waals surface area (Å²) in [5.74, 6) is -3.29. The molecule has 3 saturated carbocycles. The number of benzene rings is 2. The molecule has 5 N–H and O–H groups in total. The van der Waals surface area contributed by atoms with Gasteiger partial charge in [-0.1, -0.05) is 86.9 Å². The molecule has 1 aliphatic heterocycles. The fourth-order valence-corrected chi connectivity index (χ4v) is 10.1. The molecule has 0 radical (unpaired) electrons. The second-order valence-electron chi connectivity index (χ2n) is 15.8. The number of sulfonamides is 1. The third-order valence-corrected chi connectivity index (χ3v) is 13.8. The summed E-state index contributed by atoms with van der Waals surface area (Å²) in [7, 11) is -3.52. The first-order valence-corrected chi connectivity index (χ1v) is 21.1. The van der Waals surface area contributed by atoms with E-state index in [1.54, 1.807) is 12.1 Å². The van der Waals surface area contributed by atoms with Crippen molar-refractivity contribution in [3.05, 3.63) is 59.9 Å². The Kier molecular flexibility index (Phi) is 11.3. The molecule has 4 fully saturated rings. The number of amides is 4. The molecule has 0 unspecified atom stereocenters. The second kappa shape index (κ2) is 16.2. The molecule has 4 amide bonds. The zero-order valence-electron chi connectivity index (χ0n) is 31.0. The topological polar surface area (TPSA) is 216 Å². The molecule has 55 heavy (non-hydrogen) atoms. The van der Waals surface area contributed by atoms with Crippen molar-refractivity contribution in [3.8, 4) is 0 Å². The van der Waals surface area contributed by atoms with Crippen molar-refractivity contribution in [2.75, 3.05) is 6.54 Å². The van der Waals surface area contributed by atoms with Crippen molar-refractivity contribution in [2.24, 2.45) is 11.7 Å². The van der Waals surface area contributed by atoms with Gasteiger partial charge in [-0.25, -0.2) is 17.8 Å². The molecule has 3 atom stereocenters. The summed E-state index contributed by atoms with van der Waals surface area (Å²) in [5, 5.41) is 15.6. The molecule has 0 spiro atoms. The molecule has 7 rings (SSSR count). The Morgan fingerprint density at radius 3 is 2.33 bits per heavy atom. The first kappa shape index (κ1) is 38.6. The normalized spacial score (nSPS) is 22.2. The molecule has 2 aromatic carbocycles. The van der Waals surface area contributed by atoms with Crippen LogP contribution in [0.2, 0.25) is 0 Å². The predicted octanol–water partition coefficient (Wildman–Crippen LogP) is 2.80. The minimum absolute atomic E-state index is 0.00638. The van der Waals surface area contributed by atoms with Gasteiger partial charge < -0.3 is 21.3 Å². The van der Waals surface area contributed by atoms with Gasteiger partial charge in [0.05, 0.1) is 29.7 Å². The highest BCUT2D eigenvalue weighted by molar-refractivity contribution is 7.90. The quantitative estimate of drug-likeness (QED) is 0.177. The van der Waals surface area contributed by atoms with Gasteiger partial charge in [-0.15, -0.1) is 5.10 Å². The number of nitrogens with one attached hydrogen (secondary N) is 3. The van der Waals surface area contributed by atoms with Gasteiger partial charge in [0.1, 0.15) is 17.6 Å². The van der Waals surface area contributed by atoms with Crippen LogP contribution in [0, 0.1) is 5.92 Å². The summed E-state index contributed by atoms with van der Waals surface area (Å²) in [4.78, 5) is 70.2. The van der Waals surface area contributed by atoms with E-state index in [-0.39, 0.29) is 38.3 Å². The molecule has 0 bridgehead atoms. The third-order valence-electron chi connectivity index (χ3n) is 11.9. The number of hydrogen-bond donors (Lipinski definition) is 4. The molecule has 2 heterocycles. The molecule has 294 valence electrons. The Morgan fingerprint density at radius 1 is 0.909 bits per heavy atom. The van der Waals surface area contributed by atoms with E-state index in [2.05, 4.69) is 25.7 Å². The second-order valence-corrected chi connectivity index (χ2v) is 17.8. The van der Waals surface area contributed by atoms with E-state index in [4.69, 9.17) is 5.73 Å². The molecule has 1 aromatic heterocycles. The van der Waals surface area contributed by atoms with E-state index in [1.807, 2.05) is 30.3 Å². The first-order chi connectivity index (χ1) is 26.4. The largest absolute Gasteiger partial charge is 0.363 e. The Balaban J connectivity index is 1.19. The van der Waals surface area contributed by atoms with E-state index < -0.39 is 68.3 Å². The van der Waals surface area contributed by atoms with Gasteiger partial charge in [0.15, 0.2) is 0 Å².